The number of hydrogen-bond donors (Lipinski definition) is 0. The lowest BCUT2D eigenvalue weighted by molar-refractivity contribution is -0.777. The lowest BCUT2D eigenvalue weighted by Gasteiger charge is -2.25. The minimum atomic E-state index is 0.748. The third-order valence-corrected chi connectivity index (χ3v) is 6.28. The van der Waals surface area contributed by atoms with Crippen molar-refractivity contribution in [1.82, 2.24) is 0 Å². The fourth-order valence-corrected chi connectivity index (χ4v) is 4.13. The number of hydrogen-bond acceptors (Lipinski definition) is 5. The van der Waals surface area contributed by atoms with E-state index in [0.29, 0.717) is 0 Å². The molecule has 0 fully saturated rings. The number of rotatable bonds is 18. The monoisotopic (exact) mass is 472 g/mol. The molecular weight excluding hydrogens is 432 g/mol. The van der Waals surface area contributed by atoms with Gasteiger partial charge >= 0.3 is 0 Å². The van der Waals surface area contributed by atoms with Gasteiger partial charge in [-0.2, -0.15) is 4.33 Å². The van der Waals surface area contributed by atoms with E-state index < -0.39 is 0 Å². The van der Waals surface area contributed by atoms with Crippen molar-refractivity contribution in [2.45, 2.75) is 71.8 Å². The van der Waals surface area contributed by atoms with Crippen LogP contribution < -0.4 is 14.7 Å². The standard InChI is InChI=1S/C27H40N2O3S/c1-3-5-7-20-29(21-8-6-4-2)27-15-13-25(14-16-27)11-12-26-17-22-28(23-18-26)19-9-10-24-33-32-31-30/h11-18,22-23H,3-10,19-21,24H2,1-2H3. The highest BCUT2D eigenvalue weighted by Gasteiger charge is 2.06. The summed E-state index contributed by atoms with van der Waals surface area (Å²) in [6, 6.07) is 13.3. The molecule has 2 rings (SSSR count). The third-order valence-electron chi connectivity index (χ3n) is 5.68. The molecule has 0 saturated carbocycles. The maximum absolute atomic E-state index is 9.74. The first-order valence-corrected chi connectivity index (χ1v) is 13.3. The Hall–Kier alpha value is -1.86. The van der Waals surface area contributed by atoms with Gasteiger partial charge in [0.15, 0.2) is 12.4 Å². The highest BCUT2D eigenvalue weighted by molar-refractivity contribution is 7.94. The summed E-state index contributed by atoms with van der Waals surface area (Å²) >= 11 is 1.05. The summed E-state index contributed by atoms with van der Waals surface area (Å²) in [5.74, 6) is 0.748. The minimum Gasteiger partial charge on any atom is -0.691 e. The number of benzene rings is 1. The van der Waals surface area contributed by atoms with Gasteiger partial charge in [0.25, 0.3) is 0 Å². The SMILES string of the molecule is CCCCCN(CCCCC)c1ccc(C=Cc2cc[n+](CCCCSOO[O-])cc2)cc1. The summed E-state index contributed by atoms with van der Waals surface area (Å²) < 4.78 is 6.44. The van der Waals surface area contributed by atoms with Crippen molar-refractivity contribution in [1.29, 1.82) is 0 Å². The molecule has 0 aliphatic rings. The molecule has 0 saturated heterocycles. The van der Waals surface area contributed by atoms with Gasteiger partial charge in [0, 0.05) is 55.1 Å². The first-order chi connectivity index (χ1) is 16.3. The molecule has 2 aromatic rings. The summed E-state index contributed by atoms with van der Waals surface area (Å²) in [5.41, 5.74) is 3.75. The van der Waals surface area contributed by atoms with Gasteiger partial charge < -0.3 is 10.2 Å². The first-order valence-electron chi connectivity index (χ1n) is 12.4. The predicted molar refractivity (Wildman–Crippen MR) is 137 cm³/mol. The zero-order chi connectivity index (χ0) is 23.6. The van der Waals surface area contributed by atoms with Crippen LogP contribution >= 0.6 is 12.0 Å². The van der Waals surface area contributed by atoms with Gasteiger partial charge in [-0.1, -0.05) is 63.8 Å². The number of aromatic nitrogens is 1. The van der Waals surface area contributed by atoms with Crippen molar-refractivity contribution in [3.8, 4) is 0 Å². The van der Waals surface area contributed by atoms with Crippen LogP contribution in [0, 0.1) is 0 Å². The van der Waals surface area contributed by atoms with Crippen molar-refractivity contribution in [2.24, 2.45) is 0 Å². The van der Waals surface area contributed by atoms with Crippen LogP contribution in [0.4, 0.5) is 5.69 Å². The van der Waals surface area contributed by atoms with Crippen LogP contribution in [0.3, 0.4) is 0 Å². The average Bonchev–Trinajstić information content (AvgIpc) is 2.85. The molecule has 0 aliphatic heterocycles. The van der Waals surface area contributed by atoms with Crippen molar-refractivity contribution in [2.75, 3.05) is 23.7 Å². The van der Waals surface area contributed by atoms with E-state index in [1.54, 1.807) is 0 Å². The number of nitrogens with zero attached hydrogens (tertiary/aromatic N) is 2. The van der Waals surface area contributed by atoms with Crippen LogP contribution in [0.1, 0.15) is 76.3 Å². The van der Waals surface area contributed by atoms with E-state index >= 15 is 0 Å². The zero-order valence-corrected chi connectivity index (χ0v) is 21.1. The Morgan fingerprint density at radius 1 is 0.818 bits per heavy atom. The fourth-order valence-electron chi connectivity index (χ4n) is 3.70. The molecule has 0 radical (unpaired) electrons. The van der Waals surface area contributed by atoms with E-state index in [9.17, 15) is 5.26 Å². The molecule has 33 heavy (non-hydrogen) atoms. The van der Waals surface area contributed by atoms with Crippen LogP contribution in [0.2, 0.25) is 0 Å². The Balaban J connectivity index is 1.84. The third kappa shape index (κ3) is 11.7. The van der Waals surface area contributed by atoms with E-state index in [2.05, 4.69) is 93.6 Å². The predicted octanol–water partition coefficient (Wildman–Crippen LogP) is 5.98. The van der Waals surface area contributed by atoms with Crippen LogP contribution in [0.25, 0.3) is 12.2 Å². The van der Waals surface area contributed by atoms with E-state index in [1.165, 1.54) is 55.3 Å². The number of anilines is 1. The van der Waals surface area contributed by atoms with Crippen molar-refractivity contribution >= 4 is 29.9 Å². The van der Waals surface area contributed by atoms with Crippen LogP contribution in [-0.2, 0) is 15.9 Å². The largest absolute Gasteiger partial charge is 0.691 e. The lowest BCUT2D eigenvalue weighted by atomic mass is 10.1. The molecule has 0 unspecified atom stereocenters. The summed E-state index contributed by atoms with van der Waals surface area (Å²) in [6.45, 7) is 7.77. The molecule has 0 N–H and O–H groups in total. The number of pyridine rings is 1. The molecule has 0 amide bonds. The Bertz CT molecular complexity index is 756. The van der Waals surface area contributed by atoms with E-state index in [0.717, 1.165) is 50.3 Å². The van der Waals surface area contributed by atoms with Crippen molar-refractivity contribution in [3.63, 3.8) is 0 Å². The van der Waals surface area contributed by atoms with E-state index in [-0.39, 0.29) is 0 Å². The molecule has 0 aliphatic carbocycles. The molecule has 0 spiro atoms. The minimum absolute atomic E-state index is 0.748. The molecule has 182 valence electrons. The van der Waals surface area contributed by atoms with Crippen LogP contribution in [-0.4, -0.2) is 18.8 Å². The smallest absolute Gasteiger partial charge is 0.169 e. The number of unbranched alkanes of at least 4 members (excludes halogenated alkanes) is 5. The summed E-state index contributed by atoms with van der Waals surface area (Å²) in [5, 5.41) is 13.1. The second kappa shape index (κ2) is 17.6. The van der Waals surface area contributed by atoms with Gasteiger partial charge in [0.2, 0.25) is 0 Å². The maximum Gasteiger partial charge on any atom is 0.169 e. The maximum atomic E-state index is 9.74. The second-order valence-electron chi connectivity index (χ2n) is 8.36. The van der Waals surface area contributed by atoms with E-state index in [4.69, 9.17) is 0 Å². The quantitative estimate of drug-likeness (QED) is 0.0878. The average molecular weight is 473 g/mol. The fraction of sp³-hybridized carbons (Fsp3) is 0.519. The van der Waals surface area contributed by atoms with Gasteiger partial charge in [-0.05, 0) is 42.5 Å². The molecular formula is C27H40N2O3S. The lowest BCUT2D eigenvalue weighted by Crippen LogP contribution is -2.32. The first kappa shape index (κ1) is 27.4. The van der Waals surface area contributed by atoms with Gasteiger partial charge in [0.05, 0.1) is 0 Å². The van der Waals surface area contributed by atoms with Crippen LogP contribution in [0.5, 0.6) is 0 Å². The van der Waals surface area contributed by atoms with Crippen molar-refractivity contribution in [3.05, 3.63) is 59.9 Å². The van der Waals surface area contributed by atoms with Gasteiger partial charge in [0.1, 0.15) is 6.54 Å². The Morgan fingerprint density at radius 2 is 1.42 bits per heavy atom. The summed E-state index contributed by atoms with van der Waals surface area (Å²) in [4.78, 5) is 2.55. The van der Waals surface area contributed by atoms with Gasteiger partial charge in [-0.3, -0.25) is 5.04 Å². The Labute approximate surface area is 204 Å². The normalized spacial score (nSPS) is 11.4. The molecule has 1 heterocycles. The summed E-state index contributed by atoms with van der Waals surface area (Å²) in [6.07, 6.45) is 18.2. The van der Waals surface area contributed by atoms with Gasteiger partial charge in [-0.25, -0.2) is 4.57 Å². The Morgan fingerprint density at radius 3 is 2.00 bits per heavy atom. The highest BCUT2D eigenvalue weighted by Crippen LogP contribution is 2.19. The second-order valence-corrected chi connectivity index (χ2v) is 9.14. The highest BCUT2D eigenvalue weighted by atomic mass is 32.2. The molecule has 6 heteroatoms. The zero-order valence-electron chi connectivity index (χ0n) is 20.3. The topological polar surface area (TPSA) is 48.6 Å². The van der Waals surface area contributed by atoms with Crippen LogP contribution in [0.15, 0.2) is 48.8 Å². The molecule has 1 aromatic carbocycles. The molecule has 5 nitrogen and oxygen atoms in total. The number of aryl methyl sites for hydroxylation is 1. The van der Waals surface area contributed by atoms with E-state index in [1.807, 2.05) is 0 Å². The molecule has 0 atom stereocenters. The molecule has 1 aromatic heterocycles. The molecule has 0 bridgehead atoms. The Kier molecular flexibility index (Phi) is 14.6. The van der Waals surface area contributed by atoms with Crippen molar-refractivity contribution < 1.29 is 19.2 Å². The summed E-state index contributed by atoms with van der Waals surface area (Å²) in [7, 11) is 0. The van der Waals surface area contributed by atoms with Gasteiger partial charge in [-0.15, -0.1) is 0 Å².